The van der Waals surface area contributed by atoms with E-state index in [1.165, 1.54) is 6.92 Å². The summed E-state index contributed by atoms with van der Waals surface area (Å²) in [6.45, 7) is 3.12. The van der Waals surface area contributed by atoms with E-state index >= 15 is 0 Å². The smallest absolute Gasteiger partial charge is 0.227 e. The van der Waals surface area contributed by atoms with Gasteiger partial charge in [-0.05, 0) is 30.7 Å². The molecule has 1 aliphatic heterocycles. The maximum absolute atomic E-state index is 12.8. The Balaban J connectivity index is 1.73. The van der Waals surface area contributed by atoms with Gasteiger partial charge in [-0.1, -0.05) is 30.3 Å². The summed E-state index contributed by atoms with van der Waals surface area (Å²) in [5.74, 6) is 0.598. The Bertz CT molecular complexity index is 788. The molecule has 0 aromatic heterocycles. The average Bonchev–Trinajstić information content (AvgIpc) is 2.68. The number of carbonyl (C=O) groups is 2. The third kappa shape index (κ3) is 4.11. The van der Waals surface area contributed by atoms with Crippen molar-refractivity contribution in [1.82, 2.24) is 4.90 Å². The van der Waals surface area contributed by atoms with E-state index in [9.17, 15) is 9.59 Å². The van der Waals surface area contributed by atoms with Crippen LogP contribution in [0.5, 0.6) is 5.75 Å². The van der Waals surface area contributed by atoms with Gasteiger partial charge in [0.15, 0.2) is 5.78 Å². The minimum Gasteiger partial charge on any atom is -0.496 e. The van der Waals surface area contributed by atoms with Crippen molar-refractivity contribution < 1.29 is 19.1 Å². The molecule has 1 saturated heterocycles. The Kier molecular flexibility index (Phi) is 5.68. The van der Waals surface area contributed by atoms with E-state index in [-0.39, 0.29) is 24.2 Å². The molecule has 26 heavy (non-hydrogen) atoms. The summed E-state index contributed by atoms with van der Waals surface area (Å²) in [4.78, 5) is 26.3. The molecule has 1 atom stereocenters. The fraction of sp³-hybridized carbons (Fsp3) is 0.333. The van der Waals surface area contributed by atoms with Crippen LogP contribution in [0, 0.1) is 0 Å². The zero-order valence-electron chi connectivity index (χ0n) is 15.1. The summed E-state index contributed by atoms with van der Waals surface area (Å²) in [6.07, 6.45) is 0.0885. The van der Waals surface area contributed by atoms with Crippen molar-refractivity contribution in [1.29, 1.82) is 0 Å². The number of morpholine rings is 1. The van der Waals surface area contributed by atoms with Gasteiger partial charge in [-0.2, -0.15) is 0 Å². The lowest BCUT2D eigenvalue weighted by Crippen LogP contribution is -2.43. The molecular formula is C21H23NO4. The van der Waals surface area contributed by atoms with Crippen molar-refractivity contribution in [2.75, 3.05) is 26.8 Å². The molecule has 0 N–H and O–H groups in total. The van der Waals surface area contributed by atoms with Crippen LogP contribution in [0.15, 0.2) is 48.5 Å². The van der Waals surface area contributed by atoms with Gasteiger partial charge in [0, 0.05) is 17.7 Å². The van der Waals surface area contributed by atoms with Crippen molar-refractivity contribution >= 4 is 11.7 Å². The zero-order chi connectivity index (χ0) is 18.5. The first-order valence-electron chi connectivity index (χ1n) is 8.70. The van der Waals surface area contributed by atoms with Crippen LogP contribution in [-0.2, 0) is 16.0 Å². The fourth-order valence-electron chi connectivity index (χ4n) is 3.16. The minimum atomic E-state index is -0.112. The molecule has 1 fully saturated rings. The number of nitrogens with zero attached hydrogens (tertiary/aromatic N) is 1. The predicted molar refractivity (Wildman–Crippen MR) is 98.4 cm³/mol. The van der Waals surface area contributed by atoms with Gasteiger partial charge < -0.3 is 14.4 Å². The number of carbonyl (C=O) groups excluding carboxylic acids is 2. The average molecular weight is 353 g/mol. The molecule has 5 heteroatoms. The van der Waals surface area contributed by atoms with E-state index in [0.717, 1.165) is 11.1 Å². The number of ketones is 1. The molecule has 0 radical (unpaired) electrons. The largest absolute Gasteiger partial charge is 0.496 e. The van der Waals surface area contributed by atoms with Gasteiger partial charge in [0.1, 0.15) is 11.9 Å². The number of benzene rings is 2. The molecule has 5 nitrogen and oxygen atoms in total. The Morgan fingerprint density at radius 3 is 2.65 bits per heavy atom. The van der Waals surface area contributed by atoms with Crippen molar-refractivity contribution in [2.24, 2.45) is 0 Å². The number of ether oxygens (including phenoxy) is 2. The number of amides is 1. The highest BCUT2D eigenvalue weighted by molar-refractivity contribution is 5.94. The van der Waals surface area contributed by atoms with Crippen molar-refractivity contribution in [3.8, 4) is 5.75 Å². The lowest BCUT2D eigenvalue weighted by atomic mass is 10.0. The SMILES string of the molecule is COc1ccc(C(C)=O)cc1CC(=O)N1CCOC(c2ccccc2)C1. The molecule has 3 rings (SSSR count). The molecular weight excluding hydrogens is 330 g/mol. The summed E-state index contributed by atoms with van der Waals surface area (Å²) < 4.78 is 11.2. The number of hydrogen-bond acceptors (Lipinski definition) is 4. The number of hydrogen-bond donors (Lipinski definition) is 0. The Hall–Kier alpha value is -2.66. The Morgan fingerprint density at radius 2 is 1.96 bits per heavy atom. The molecule has 2 aromatic rings. The summed E-state index contributed by atoms with van der Waals surface area (Å²) in [6, 6.07) is 15.1. The molecule has 1 amide bonds. The quantitative estimate of drug-likeness (QED) is 0.776. The van der Waals surface area contributed by atoms with Crippen LogP contribution >= 0.6 is 0 Å². The minimum absolute atomic E-state index is 0.00762. The van der Waals surface area contributed by atoms with Crippen molar-refractivity contribution in [2.45, 2.75) is 19.4 Å². The molecule has 0 saturated carbocycles. The van der Waals surface area contributed by atoms with Crippen molar-refractivity contribution in [3.63, 3.8) is 0 Å². The van der Waals surface area contributed by atoms with E-state index < -0.39 is 0 Å². The van der Waals surface area contributed by atoms with Gasteiger partial charge in [0.25, 0.3) is 0 Å². The van der Waals surface area contributed by atoms with Gasteiger partial charge >= 0.3 is 0 Å². The standard InChI is InChI=1S/C21H23NO4/c1-15(23)17-8-9-19(25-2)18(12-17)13-21(24)22-10-11-26-20(14-22)16-6-4-3-5-7-16/h3-9,12,20H,10-11,13-14H2,1-2H3. The van der Waals surface area contributed by atoms with Gasteiger partial charge in [-0.15, -0.1) is 0 Å². The lowest BCUT2D eigenvalue weighted by Gasteiger charge is -2.33. The first kappa shape index (κ1) is 18.1. The highest BCUT2D eigenvalue weighted by Gasteiger charge is 2.26. The molecule has 1 heterocycles. The van der Waals surface area contributed by atoms with E-state index in [1.54, 1.807) is 25.3 Å². The highest BCUT2D eigenvalue weighted by Crippen LogP contribution is 2.25. The topological polar surface area (TPSA) is 55.8 Å². The summed E-state index contributed by atoms with van der Waals surface area (Å²) in [5, 5.41) is 0. The van der Waals surface area contributed by atoms with E-state index in [0.29, 0.717) is 31.0 Å². The maximum Gasteiger partial charge on any atom is 0.227 e. The summed E-state index contributed by atoms with van der Waals surface area (Å²) >= 11 is 0. The van der Waals surface area contributed by atoms with Gasteiger partial charge in [-0.3, -0.25) is 9.59 Å². The van der Waals surface area contributed by atoms with Crippen LogP contribution in [-0.4, -0.2) is 43.4 Å². The summed E-state index contributed by atoms with van der Waals surface area (Å²) in [5.41, 5.74) is 2.38. The van der Waals surface area contributed by atoms with E-state index in [4.69, 9.17) is 9.47 Å². The number of Topliss-reactive ketones (excluding diaryl/α,β-unsaturated/α-hetero) is 1. The van der Waals surface area contributed by atoms with Crippen molar-refractivity contribution in [3.05, 3.63) is 65.2 Å². The third-order valence-corrected chi connectivity index (χ3v) is 4.62. The van der Waals surface area contributed by atoms with Crippen LogP contribution in [0.25, 0.3) is 0 Å². The second-order valence-corrected chi connectivity index (χ2v) is 6.37. The van der Waals surface area contributed by atoms with Crippen LogP contribution in [0.4, 0.5) is 0 Å². The second-order valence-electron chi connectivity index (χ2n) is 6.37. The lowest BCUT2D eigenvalue weighted by molar-refractivity contribution is -0.138. The molecule has 1 unspecified atom stereocenters. The Morgan fingerprint density at radius 1 is 1.19 bits per heavy atom. The van der Waals surface area contributed by atoms with Gasteiger partial charge in [-0.25, -0.2) is 0 Å². The van der Waals surface area contributed by atoms with Gasteiger partial charge in [0.2, 0.25) is 5.91 Å². The van der Waals surface area contributed by atoms with Crippen LogP contribution in [0.3, 0.4) is 0 Å². The second kappa shape index (κ2) is 8.15. The monoisotopic (exact) mass is 353 g/mol. The highest BCUT2D eigenvalue weighted by atomic mass is 16.5. The molecule has 0 aliphatic carbocycles. The maximum atomic E-state index is 12.8. The Labute approximate surface area is 153 Å². The summed E-state index contributed by atoms with van der Waals surface area (Å²) in [7, 11) is 1.57. The molecule has 1 aliphatic rings. The number of methoxy groups -OCH3 is 1. The predicted octanol–water partition coefficient (Wildman–Crippen LogP) is 3.04. The van der Waals surface area contributed by atoms with Crippen LogP contribution in [0.1, 0.15) is 34.5 Å². The molecule has 0 bridgehead atoms. The normalized spacial score (nSPS) is 17.0. The molecule has 2 aromatic carbocycles. The van der Waals surface area contributed by atoms with Crippen LogP contribution in [0.2, 0.25) is 0 Å². The van der Waals surface area contributed by atoms with E-state index in [1.807, 2.05) is 35.2 Å². The van der Waals surface area contributed by atoms with Crippen LogP contribution < -0.4 is 4.74 Å². The molecule has 136 valence electrons. The molecule has 0 spiro atoms. The first-order valence-corrected chi connectivity index (χ1v) is 8.70. The number of rotatable bonds is 5. The van der Waals surface area contributed by atoms with Gasteiger partial charge in [0.05, 0.1) is 26.7 Å². The van der Waals surface area contributed by atoms with E-state index in [2.05, 4.69) is 0 Å². The first-order chi connectivity index (χ1) is 12.6. The third-order valence-electron chi connectivity index (χ3n) is 4.62. The fourth-order valence-corrected chi connectivity index (χ4v) is 3.16. The zero-order valence-corrected chi connectivity index (χ0v) is 15.1.